The van der Waals surface area contributed by atoms with Gasteiger partial charge in [-0.2, -0.15) is 0 Å². The van der Waals surface area contributed by atoms with Crippen LogP contribution in [0.25, 0.3) is 11.3 Å². The van der Waals surface area contributed by atoms with Crippen molar-refractivity contribution in [3.63, 3.8) is 0 Å². The first-order chi connectivity index (χ1) is 16.3. The molecule has 0 bridgehead atoms. The van der Waals surface area contributed by atoms with Crippen molar-refractivity contribution in [1.29, 1.82) is 0 Å². The van der Waals surface area contributed by atoms with E-state index in [-0.39, 0.29) is 11.1 Å². The van der Waals surface area contributed by atoms with E-state index in [4.69, 9.17) is 9.47 Å². The maximum Gasteiger partial charge on any atom is 0.247 e. The number of hydrogen-bond donors (Lipinski definition) is 1. The van der Waals surface area contributed by atoms with Gasteiger partial charge in [0.1, 0.15) is 5.82 Å². The number of carbonyl (C=O) groups excluding carboxylic acids is 1. The Kier molecular flexibility index (Phi) is 6.80. The summed E-state index contributed by atoms with van der Waals surface area (Å²) in [4.78, 5) is 34.4. The minimum Gasteiger partial charge on any atom is -0.477 e. The normalized spacial score (nSPS) is 15.5. The fourth-order valence-corrected chi connectivity index (χ4v) is 4.18. The van der Waals surface area contributed by atoms with E-state index >= 15 is 0 Å². The molecule has 1 amide bonds. The summed E-state index contributed by atoms with van der Waals surface area (Å²) in [7, 11) is -3.63. The maximum absolute atomic E-state index is 13.5. The highest BCUT2D eigenvalue weighted by molar-refractivity contribution is 7.90. The van der Waals surface area contributed by atoms with Crippen molar-refractivity contribution in [3.8, 4) is 17.1 Å². The molecular formula is C22H24N6O5S. The second kappa shape index (κ2) is 9.77. The van der Waals surface area contributed by atoms with Gasteiger partial charge < -0.3 is 14.8 Å². The lowest BCUT2D eigenvalue weighted by Crippen LogP contribution is -2.45. The number of sulfone groups is 1. The van der Waals surface area contributed by atoms with Crippen LogP contribution in [0.2, 0.25) is 0 Å². The molecule has 0 saturated carbocycles. The molecule has 34 heavy (non-hydrogen) atoms. The Labute approximate surface area is 196 Å². The third kappa shape index (κ3) is 5.02. The number of aromatic nitrogens is 5. The Balaban J connectivity index is 1.59. The van der Waals surface area contributed by atoms with E-state index in [1.165, 1.54) is 12.4 Å². The van der Waals surface area contributed by atoms with E-state index in [1.54, 1.807) is 30.6 Å². The van der Waals surface area contributed by atoms with Crippen LogP contribution in [0.4, 0.5) is 5.82 Å². The highest BCUT2D eigenvalue weighted by atomic mass is 32.2. The van der Waals surface area contributed by atoms with Crippen molar-refractivity contribution < 1.29 is 22.7 Å². The highest BCUT2D eigenvalue weighted by Crippen LogP contribution is 2.35. The van der Waals surface area contributed by atoms with Gasteiger partial charge in [-0.1, -0.05) is 0 Å². The number of pyridine rings is 1. The van der Waals surface area contributed by atoms with Crippen LogP contribution in [-0.2, 0) is 24.8 Å². The molecule has 11 nitrogen and oxygen atoms in total. The third-order valence-electron chi connectivity index (χ3n) is 5.44. The number of ether oxygens (including phenoxy) is 2. The molecule has 3 aromatic heterocycles. The van der Waals surface area contributed by atoms with Crippen LogP contribution in [0.15, 0.2) is 48.1 Å². The van der Waals surface area contributed by atoms with Gasteiger partial charge in [0.05, 0.1) is 35.8 Å². The van der Waals surface area contributed by atoms with Crippen LogP contribution in [-0.4, -0.2) is 65.3 Å². The molecule has 1 saturated heterocycles. The van der Waals surface area contributed by atoms with E-state index < -0.39 is 15.3 Å². The van der Waals surface area contributed by atoms with Crippen molar-refractivity contribution in [3.05, 3.63) is 48.7 Å². The molecule has 1 N–H and O–H groups in total. The van der Waals surface area contributed by atoms with Gasteiger partial charge >= 0.3 is 0 Å². The number of nitrogens with zero attached hydrogens (tertiary/aromatic N) is 5. The molecule has 0 radical (unpaired) electrons. The average molecular weight is 485 g/mol. The predicted molar refractivity (Wildman–Crippen MR) is 122 cm³/mol. The lowest BCUT2D eigenvalue weighted by molar-refractivity contribution is -0.125. The zero-order chi connectivity index (χ0) is 24.2. The van der Waals surface area contributed by atoms with Crippen LogP contribution in [0.5, 0.6) is 5.88 Å². The van der Waals surface area contributed by atoms with Gasteiger partial charge in [0.2, 0.25) is 26.8 Å². The number of amides is 1. The number of carbonyl (C=O) groups is 1. The summed E-state index contributed by atoms with van der Waals surface area (Å²) < 4.78 is 34.8. The van der Waals surface area contributed by atoms with Gasteiger partial charge in [0, 0.05) is 37.4 Å². The van der Waals surface area contributed by atoms with Crippen LogP contribution in [0.1, 0.15) is 25.5 Å². The van der Waals surface area contributed by atoms with Crippen molar-refractivity contribution in [2.75, 3.05) is 31.4 Å². The fourth-order valence-electron chi connectivity index (χ4n) is 3.67. The van der Waals surface area contributed by atoms with Gasteiger partial charge in [-0.05, 0) is 38.0 Å². The Morgan fingerprint density at radius 3 is 2.59 bits per heavy atom. The topological polar surface area (TPSA) is 146 Å². The van der Waals surface area contributed by atoms with Crippen LogP contribution in [0, 0.1) is 0 Å². The van der Waals surface area contributed by atoms with Crippen molar-refractivity contribution in [2.45, 2.75) is 30.3 Å². The Morgan fingerprint density at radius 1 is 1.12 bits per heavy atom. The number of nitrogens with one attached hydrogen (secondary N) is 1. The first-order valence-electron chi connectivity index (χ1n) is 10.7. The summed E-state index contributed by atoms with van der Waals surface area (Å²) in [6, 6.07) is 5.00. The molecule has 1 aliphatic rings. The summed E-state index contributed by atoms with van der Waals surface area (Å²) in [6.07, 6.45) is 7.79. The molecular weight excluding hydrogens is 460 g/mol. The smallest absolute Gasteiger partial charge is 0.247 e. The fraction of sp³-hybridized carbons (Fsp3) is 0.364. The molecule has 0 spiro atoms. The third-order valence-corrected chi connectivity index (χ3v) is 6.30. The molecule has 0 unspecified atom stereocenters. The standard InChI is InChI=1S/C22H24N6O5S/c1-3-33-19-14-23-13-16(26-19)15-4-5-18(25-12-15)28-20(29)22(7-10-32-11-8-22)17-6-9-24-21(27-17)34(2,30)31/h4-6,9,12-14H,3,7-8,10-11H2,1-2H3,(H,25,28,29). The van der Waals surface area contributed by atoms with Gasteiger partial charge in [-0.3, -0.25) is 9.78 Å². The van der Waals surface area contributed by atoms with E-state index in [0.717, 1.165) is 6.26 Å². The summed E-state index contributed by atoms with van der Waals surface area (Å²) in [5.41, 5.74) is 0.564. The maximum atomic E-state index is 13.5. The summed E-state index contributed by atoms with van der Waals surface area (Å²) >= 11 is 0. The monoisotopic (exact) mass is 484 g/mol. The largest absolute Gasteiger partial charge is 0.477 e. The first kappa shape index (κ1) is 23.6. The van der Waals surface area contributed by atoms with Gasteiger partial charge in [-0.25, -0.2) is 28.4 Å². The van der Waals surface area contributed by atoms with Crippen molar-refractivity contribution in [2.24, 2.45) is 0 Å². The Hall–Kier alpha value is -3.51. The first-order valence-corrected chi connectivity index (χ1v) is 12.5. The molecule has 178 valence electrons. The molecule has 12 heteroatoms. The van der Waals surface area contributed by atoms with Gasteiger partial charge in [0.15, 0.2) is 0 Å². The number of anilines is 1. The molecule has 4 heterocycles. The zero-order valence-electron chi connectivity index (χ0n) is 18.8. The van der Waals surface area contributed by atoms with Gasteiger partial charge in [-0.15, -0.1) is 0 Å². The zero-order valence-corrected chi connectivity index (χ0v) is 19.6. The predicted octanol–water partition coefficient (Wildman–Crippen LogP) is 1.82. The van der Waals surface area contributed by atoms with Gasteiger partial charge in [0.25, 0.3) is 0 Å². The molecule has 3 aromatic rings. The van der Waals surface area contributed by atoms with Crippen molar-refractivity contribution in [1.82, 2.24) is 24.9 Å². The van der Waals surface area contributed by atoms with E-state index in [1.807, 2.05) is 6.92 Å². The molecule has 1 aliphatic heterocycles. The minimum absolute atomic E-state index is 0.318. The van der Waals surface area contributed by atoms with Crippen LogP contribution < -0.4 is 10.1 Å². The summed E-state index contributed by atoms with van der Waals surface area (Å²) in [5.74, 6) is 0.412. The van der Waals surface area contributed by atoms with E-state index in [2.05, 4.69) is 30.2 Å². The van der Waals surface area contributed by atoms with Crippen LogP contribution in [0.3, 0.4) is 0 Å². The van der Waals surface area contributed by atoms with E-state index in [0.29, 0.717) is 61.3 Å². The molecule has 1 fully saturated rings. The lowest BCUT2D eigenvalue weighted by atomic mass is 9.76. The highest BCUT2D eigenvalue weighted by Gasteiger charge is 2.43. The Morgan fingerprint density at radius 2 is 1.91 bits per heavy atom. The summed E-state index contributed by atoms with van der Waals surface area (Å²) in [5, 5.41) is 2.53. The second-order valence-electron chi connectivity index (χ2n) is 7.75. The molecule has 0 atom stereocenters. The van der Waals surface area contributed by atoms with E-state index in [9.17, 15) is 13.2 Å². The lowest BCUT2D eigenvalue weighted by Gasteiger charge is -2.35. The van der Waals surface area contributed by atoms with Crippen molar-refractivity contribution >= 4 is 21.6 Å². The number of rotatable bonds is 7. The number of hydrogen-bond acceptors (Lipinski definition) is 10. The molecule has 0 aromatic carbocycles. The molecule has 4 rings (SSSR count). The molecule has 0 aliphatic carbocycles. The Bertz CT molecular complexity index is 1280. The SMILES string of the molecule is CCOc1cncc(-c2ccc(NC(=O)C3(c4ccnc(S(C)(=O)=O)n4)CCOCC3)nc2)n1. The average Bonchev–Trinajstić information content (AvgIpc) is 2.85. The minimum atomic E-state index is -3.63. The second-order valence-corrected chi connectivity index (χ2v) is 9.66. The summed E-state index contributed by atoms with van der Waals surface area (Å²) in [6.45, 7) is 3.02. The van der Waals surface area contributed by atoms with Crippen LogP contribution >= 0.6 is 0 Å². The quantitative estimate of drug-likeness (QED) is 0.493.